The molecule has 1 fully saturated rings. The molecule has 0 aromatic heterocycles. The van der Waals surface area contributed by atoms with E-state index in [0.717, 1.165) is 0 Å². The molecular weight excluding hydrogens is 384 g/mol. The summed E-state index contributed by atoms with van der Waals surface area (Å²) in [6, 6.07) is 6.14. The zero-order valence-electron chi connectivity index (χ0n) is 15.1. The first kappa shape index (κ1) is 19.3. The molecule has 0 radical (unpaired) electrons. The van der Waals surface area contributed by atoms with Gasteiger partial charge in [0.1, 0.15) is 35.6 Å². The van der Waals surface area contributed by atoms with Crippen molar-refractivity contribution in [3.8, 4) is 5.75 Å². The van der Waals surface area contributed by atoms with Crippen molar-refractivity contribution in [2.24, 2.45) is 0 Å². The van der Waals surface area contributed by atoms with Gasteiger partial charge in [-0.25, -0.2) is 0 Å². The quantitative estimate of drug-likeness (QED) is 0.392. The number of fused-ring (bicyclic) bond motifs is 1. The van der Waals surface area contributed by atoms with E-state index in [1.54, 1.807) is 12.1 Å². The second-order valence-corrected chi connectivity index (χ2v) is 6.92. The highest BCUT2D eigenvalue weighted by Gasteiger charge is 2.42. The molecule has 9 heteroatoms. The minimum absolute atomic E-state index is 0.0581. The number of aromatic hydroxyl groups is 1. The van der Waals surface area contributed by atoms with Crippen molar-refractivity contribution in [2.45, 2.75) is 30.7 Å². The maximum atomic E-state index is 10.2. The van der Waals surface area contributed by atoms with E-state index in [1.165, 1.54) is 30.4 Å². The number of allylic oxidation sites excluding steroid dienone is 2. The second kappa shape index (κ2) is 7.45. The molecule has 1 aromatic carbocycles. The normalized spacial score (nSPS) is 31.8. The van der Waals surface area contributed by atoms with Crippen molar-refractivity contribution < 1.29 is 44.8 Å². The van der Waals surface area contributed by atoms with Gasteiger partial charge in [0, 0.05) is 12.2 Å². The zero-order valence-corrected chi connectivity index (χ0v) is 15.1. The molecule has 2 aliphatic heterocycles. The molecule has 1 saturated heterocycles. The van der Waals surface area contributed by atoms with Crippen LogP contribution >= 0.6 is 0 Å². The van der Waals surface area contributed by atoms with Crippen LogP contribution in [0.25, 0.3) is 5.76 Å². The number of benzene rings is 1. The van der Waals surface area contributed by atoms with Gasteiger partial charge in [0.15, 0.2) is 0 Å². The number of phenols is 1. The summed E-state index contributed by atoms with van der Waals surface area (Å²) in [4.78, 5) is 0. The Balaban J connectivity index is 1.72. The molecule has 0 saturated carbocycles. The van der Waals surface area contributed by atoms with Crippen LogP contribution in [0.3, 0.4) is 0 Å². The molecule has 5 unspecified atom stereocenters. The Bertz CT molecular complexity index is 912. The Kier molecular flexibility index (Phi) is 4.97. The number of hydrogen-bond acceptors (Lipinski definition) is 8. The van der Waals surface area contributed by atoms with Gasteiger partial charge in [-0.05, 0) is 24.3 Å². The predicted octanol–water partition coefficient (Wildman–Crippen LogP) is 0.250. The van der Waals surface area contributed by atoms with Gasteiger partial charge in [-0.3, -0.25) is 0 Å². The summed E-state index contributed by atoms with van der Waals surface area (Å²) in [5.74, 6) is 0.206. The largest absolute Gasteiger partial charge is 0.571 e. The smallest absolute Gasteiger partial charge is 0.305 e. The van der Waals surface area contributed by atoms with Gasteiger partial charge < -0.3 is 44.8 Å². The lowest BCUT2D eigenvalue weighted by Gasteiger charge is -2.36. The molecule has 3 aliphatic rings. The van der Waals surface area contributed by atoms with Gasteiger partial charge in [0.05, 0.1) is 23.8 Å². The third-order valence-corrected chi connectivity index (χ3v) is 4.85. The van der Waals surface area contributed by atoms with Crippen LogP contribution < -0.4 is 0 Å². The number of rotatable bonds is 3. The van der Waals surface area contributed by atoms with Crippen LogP contribution in [0, 0.1) is 0 Å². The minimum Gasteiger partial charge on any atom is -0.571 e. The third-order valence-electron chi connectivity index (χ3n) is 4.85. The first-order valence-corrected chi connectivity index (χ1v) is 8.94. The Labute approximate surface area is 165 Å². The molecule has 7 N–H and O–H groups in total. The first-order valence-electron chi connectivity index (χ1n) is 8.94. The average molecular weight is 405 g/mol. The fourth-order valence-corrected chi connectivity index (χ4v) is 3.29. The highest BCUT2D eigenvalue weighted by molar-refractivity contribution is 5.67. The van der Waals surface area contributed by atoms with Crippen LogP contribution in [0.4, 0.5) is 0 Å². The summed E-state index contributed by atoms with van der Waals surface area (Å²) in [5.41, 5.74) is 0.937. The van der Waals surface area contributed by atoms with E-state index in [4.69, 9.17) is 9.47 Å². The summed E-state index contributed by atoms with van der Waals surface area (Å²) < 4.78 is 15.6. The molecule has 4 rings (SSSR count). The molecule has 0 spiro atoms. The standard InChI is InChI=1S/C20H20O9/c21-10-3-1-9(2-4-10)19-16(29-20-18(26)17(25)14(24)8-27-20)7-12-13(23)5-11(22)6-15(12)28-19/h1-7,14-15,17-18,20-26H,8H2/p+1. The monoisotopic (exact) mass is 405 g/mol. The van der Waals surface area contributed by atoms with Crippen LogP contribution in [0.5, 0.6) is 5.75 Å². The Hall–Kier alpha value is -2.98. The molecule has 1 aliphatic carbocycles. The van der Waals surface area contributed by atoms with Crippen molar-refractivity contribution >= 4 is 5.76 Å². The first-order chi connectivity index (χ1) is 13.8. The van der Waals surface area contributed by atoms with Crippen LogP contribution in [-0.4, -0.2) is 72.7 Å². The fraction of sp³-hybridized carbons (Fsp3) is 0.300. The summed E-state index contributed by atoms with van der Waals surface area (Å²) in [5, 5.41) is 59.2. The van der Waals surface area contributed by atoms with E-state index in [0.29, 0.717) is 16.9 Å². The number of aliphatic hydroxyl groups excluding tert-OH is 5. The Morgan fingerprint density at radius 2 is 1.69 bits per heavy atom. The van der Waals surface area contributed by atoms with Gasteiger partial charge in [0.25, 0.3) is 0 Å². The van der Waals surface area contributed by atoms with Crippen LogP contribution in [0.1, 0.15) is 5.56 Å². The molecule has 0 amide bonds. The summed E-state index contributed by atoms with van der Waals surface area (Å²) in [6.45, 7) is -0.233. The van der Waals surface area contributed by atoms with Gasteiger partial charge in [-0.15, -0.1) is 0 Å². The Morgan fingerprint density at radius 3 is 2.41 bits per heavy atom. The average Bonchev–Trinajstić information content (AvgIpc) is 2.69. The summed E-state index contributed by atoms with van der Waals surface area (Å²) in [7, 11) is 0. The SMILES string of the molecule is OC1=CC2[OH+]C(c3ccc(O)cc3)=C(OC3OCC(O)C(O)C3O)C=C2C(O)=C1. The Morgan fingerprint density at radius 1 is 0.966 bits per heavy atom. The molecule has 5 atom stereocenters. The van der Waals surface area contributed by atoms with Crippen molar-refractivity contribution in [3.63, 3.8) is 0 Å². The van der Waals surface area contributed by atoms with E-state index in [-0.39, 0.29) is 29.6 Å². The van der Waals surface area contributed by atoms with Crippen LogP contribution in [-0.2, 0) is 9.47 Å². The van der Waals surface area contributed by atoms with Gasteiger partial charge in [-0.2, -0.15) is 0 Å². The van der Waals surface area contributed by atoms with Crippen molar-refractivity contribution in [3.05, 3.63) is 70.9 Å². The lowest BCUT2D eigenvalue weighted by molar-refractivity contribution is -0.257. The van der Waals surface area contributed by atoms with Gasteiger partial charge >= 0.3 is 5.76 Å². The minimum atomic E-state index is -1.51. The summed E-state index contributed by atoms with van der Waals surface area (Å²) in [6.07, 6.45) is -2.02. The lowest BCUT2D eigenvalue weighted by Crippen LogP contribution is -2.53. The van der Waals surface area contributed by atoms with Crippen molar-refractivity contribution in [1.29, 1.82) is 0 Å². The van der Waals surface area contributed by atoms with E-state index in [2.05, 4.69) is 4.74 Å². The van der Waals surface area contributed by atoms with Crippen LogP contribution in [0.2, 0.25) is 0 Å². The molecule has 29 heavy (non-hydrogen) atoms. The van der Waals surface area contributed by atoms with Crippen molar-refractivity contribution in [1.82, 2.24) is 0 Å². The molecule has 2 heterocycles. The second-order valence-electron chi connectivity index (χ2n) is 6.92. The summed E-state index contributed by atoms with van der Waals surface area (Å²) >= 11 is 0. The van der Waals surface area contributed by atoms with Crippen LogP contribution in [0.15, 0.2) is 65.3 Å². The van der Waals surface area contributed by atoms with Gasteiger partial charge in [-0.1, -0.05) is 0 Å². The number of hydrogen-bond donors (Lipinski definition) is 6. The molecule has 154 valence electrons. The fourth-order valence-electron chi connectivity index (χ4n) is 3.29. The van der Waals surface area contributed by atoms with E-state index < -0.39 is 30.7 Å². The highest BCUT2D eigenvalue weighted by atomic mass is 16.7. The van der Waals surface area contributed by atoms with E-state index >= 15 is 0 Å². The molecule has 0 bridgehead atoms. The lowest BCUT2D eigenvalue weighted by atomic mass is 9.97. The molecule has 1 aromatic rings. The number of aliphatic hydroxyl groups is 7. The van der Waals surface area contributed by atoms with E-state index in [1.807, 2.05) is 0 Å². The highest BCUT2D eigenvalue weighted by Crippen LogP contribution is 2.36. The third kappa shape index (κ3) is 3.68. The van der Waals surface area contributed by atoms with Crippen molar-refractivity contribution in [2.75, 3.05) is 6.61 Å². The maximum Gasteiger partial charge on any atom is 0.305 e. The zero-order chi connectivity index (χ0) is 20.7. The maximum absolute atomic E-state index is 10.2. The molecular formula is C20H21O9+. The topological polar surface area (TPSA) is 153 Å². The molecule has 9 nitrogen and oxygen atoms in total. The van der Waals surface area contributed by atoms with E-state index in [9.17, 15) is 30.6 Å². The number of phenolic OH excluding ortho intramolecular Hbond substituents is 1. The van der Waals surface area contributed by atoms with Gasteiger partial charge in [0.2, 0.25) is 18.2 Å². The predicted molar refractivity (Wildman–Crippen MR) is 99.4 cm³/mol. The number of ether oxygens (including phenoxy) is 3.